The highest BCUT2D eigenvalue weighted by molar-refractivity contribution is 7.87. The number of likely N-dealkylation sites (N-methyl/N-ethyl adjacent to an activating group) is 1. The lowest BCUT2D eigenvalue weighted by molar-refractivity contribution is 0.421. The molecule has 0 radical (unpaired) electrons. The lowest BCUT2D eigenvalue weighted by atomic mass is 10.0. The number of hydrogen-bond donors (Lipinski definition) is 1. The maximum absolute atomic E-state index is 12.3. The first kappa shape index (κ1) is 14.1. The highest BCUT2D eigenvalue weighted by atomic mass is 32.2. The lowest BCUT2D eigenvalue weighted by Gasteiger charge is -2.37. The monoisotopic (exact) mass is 303 g/mol. The third-order valence-electron chi connectivity index (χ3n) is 4.12. The number of nitrogens with zero attached hydrogens (tertiary/aromatic N) is 1. The molecule has 1 aliphatic rings. The number of rotatable bonds is 3. The van der Waals surface area contributed by atoms with Crippen molar-refractivity contribution in [1.82, 2.24) is 0 Å². The first-order valence-corrected chi connectivity index (χ1v) is 8.33. The number of benzene rings is 2. The molecule has 1 atom stereocenters. The Labute approximate surface area is 124 Å². The normalized spacial score (nSPS) is 21.3. The first-order chi connectivity index (χ1) is 10.0. The third-order valence-corrected chi connectivity index (χ3v) is 5.57. The smallest absolute Gasteiger partial charge is 0.294 e. The van der Waals surface area contributed by atoms with Gasteiger partial charge in [-0.1, -0.05) is 48.5 Å². The summed E-state index contributed by atoms with van der Waals surface area (Å²) in [6, 6.07) is 16.5. The molecule has 0 aliphatic carbocycles. The van der Waals surface area contributed by atoms with Crippen molar-refractivity contribution in [2.45, 2.75) is 18.2 Å². The van der Waals surface area contributed by atoms with Crippen LogP contribution in [0.1, 0.15) is 18.1 Å². The second kappa shape index (κ2) is 4.86. The van der Waals surface area contributed by atoms with E-state index in [1.54, 1.807) is 29.2 Å². The van der Waals surface area contributed by atoms with E-state index in [2.05, 4.69) is 0 Å². The van der Waals surface area contributed by atoms with Gasteiger partial charge in [-0.3, -0.25) is 4.55 Å². The van der Waals surface area contributed by atoms with Crippen molar-refractivity contribution < 1.29 is 13.0 Å². The van der Waals surface area contributed by atoms with Crippen molar-refractivity contribution >= 4 is 15.8 Å². The quantitative estimate of drug-likeness (QED) is 0.886. The van der Waals surface area contributed by atoms with Gasteiger partial charge in [0.25, 0.3) is 10.1 Å². The molecule has 1 heterocycles. The molecule has 21 heavy (non-hydrogen) atoms. The van der Waals surface area contributed by atoms with Crippen LogP contribution in [0.5, 0.6) is 0 Å². The van der Waals surface area contributed by atoms with Crippen LogP contribution in [0.2, 0.25) is 0 Å². The van der Waals surface area contributed by atoms with E-state index >= 15 is 0 Å². The lowest BCUT2D eigenvalue weighted by Crippen LogP contribution is -2.50. The van der Waals surface area contributed by atoms with Crippen LogP contribution >= 0.6 is 0 Å². The fraction of sp³-hybridized carbons (Fsp3) is 0.250. The molecule has 0 amide bonds. The van der Waals surface area contributed by atoms with Crippen LogP contribution in [-0.2, 0) is 21.4 Å². The average Bonchev–Trinajstić information content (AvgIpc) is 2.83. The summed E-state index contributed by atoms with van der Waals surface area (Å²) in [6.45, 7) is 2.39. The van der Waals surface area contributed by atoms with Gasteiger partial charge >= 0.3 is 0 Å². The zero-order chi connectivity index (χ0) is 15.1. The minimum Gasteiger partial charge on any atom is -0.347 e. The molecule has 0 fully saturated rings. The number of fused-ring (bicyclic) bond motifs is 1. The van der Waals surface area contributed by atoms with Gasteiger partial charge in [0, 0.05) is 18.7 Å². The number of hydrogen-bond acceptors (Lipinski definition) is 3. The van der Waals surface area contributed by atoms with Gasteiger partial charge in [-0.05, 0) is 24.1 Å². The molecule has 1 unspecified atom stereocenters. The summed E-state index contributed by atoms with van der Waals surface area (Å²) in [7, 11) is -4.32. The first-order valence-electron chi connectivity index (χ1n) is 6.89. The molecule has 1 N–H and O–H groups in total. The van der Waals surface area contributed by atoms with E-state index in [1.807, 2.05) is 37.3 Å². The van der Waals surface area contributed by atoms with Crippen LogP contribution in [0.4, 0.5) is 5.69 Å². The second-order valence-corrected chi connectivity index (χ2v) is 6.80. The molecule has 2 aromatic carbocycles. The third kappa shape index (κ3) is 1.96. The van der Waals surface area contributed by atoms with Crippen LogP contribution in [-0.4, -0.2) is 19.5 Å². The van der Waals surface area contributed by atoms with Gasteiger partial charge in [0.1, 0.15) is 0 Å². The highest BCUT2D eigenvalue weighted by Crippen LogP contribution is 2.47. The van der Waals surface area contributed by atoms with Gasteiger partial charge in [0.15, 0.2) is 4.87 Å². The van der Waals surface area contributed by atoms with Crippen molar-refractivity contribution in [1.29, 1.82) is 0 Å². The highest BCUT2D eigenvalue weighted by Gasteiger charge is 2.54. The van der Waals surface area contributed by atoms with Crippen molar-refractivity contribution in [3.05, 3.63) is 65.7 Å². The van der Waals surface area contributed by atoms with Gasteiger partial charge in [-0.15, -0.1) is 0 Å². The molecule has 1 aliphatic heterocycles. The molecular weight excluding hydrogens is 286 g/mol. The van der Waals surface area contributed by atoms with Gasteiger partial charge in [-0.25, -0.2) is 0 Å². The molecule has 2 aromatic rings. The van der Waals surface area contributed by atoms with Crippen molar-refractivity contribution in [3.63, 3.8) is 0 Å². The molecule has 0 saturated heterocycles. The van der Waals surface area contributed by atoms with Crippen molar-refractivity contribution in [3.8, 4) is 0 Å². The Bertz CT molecular complexity index is 758. The van der Waals surface area contributed by atoms with Crippen LogP contribution in [0.3, 0.4) is 0 Å². The maximum Gasteiger partial charge on any atom is 0.294 e. The van der Waals surface area contributed by atoms with E-state index in [-0.39, 0.29) is 6.42 Å². The maximum atomic E-state index is 12.3. The Morgan fingerprint density at radius 2 is 1.71 bits per heavy atom. The Kier molecular flexibility index (Phi) is 3.26. The Morgan fingerprint density at radius 3 is 2.33 bits per heavy atom. The fourth-order valence-electron chi connectivity index (χ4n) is 3.23. The Morgan fingerprint density at radius 1 is 1.10 bits per heavy atom. The van der Waals surface area contributed by atoms with Gasteiger partial charge in [0.05, 0.1) is 0 Å². The minimum absolute atomic E-state index is 0.250. The standard InChI is InChI=1S/C16H17NO3S/c1-2-17-15-11-7-6-8-13(15)12-16(17,21(18,19)20)14-9-4-3-5-10-14/h3-11H,2,12H2,1H3,(H,18,19,20). The van der Waals surface area contributed by atoms with Gasteiger partial charge in [-0.2, -0.15) is 8.42 Å². The average molecular weight is 303 g/mol. The van der Waals surface area contributed by atoms with Crippen molar-refractivity contribution in [2.24, 2.45) is 0 Å². The molecule has 3 rings (SSSR count). The largest absolute Gasteiger partial charge is 0.347 e. The van der Waals surface area contributed by atoms with E-state index in [0.29, 0.717) is 12.1 Å². The molecular formula is C16H17NO3S. The van der Waals surface area contributed by atoms with Crippen molar-refractivity contribution in [2.75, 3.05) is 11.4 Å². The topological polar surface area (TPSA) is 57.6 Å². The molecule has 4 nitrogen and oxygen atoms in total. The number of para-hydroxylation sites is 1. The van der Waals surface area contributed by atoms with E-state index in [4.69, 9.17) is 0 Å². The predicted molar refractivity (Wildman–Crippen MR) is 82.8 cm³/mol. The summed E-state index contributed by atoms with van der Waals surface area (Å²) in [4.78, 5) is 0.333. The van der Waals surface area contributed by atoms with Gasteiger partial charge in [0.2, 0.25) is 0 Å². The summed E-state index contributed by atoms with van der Waals surface area (Å²) < 4.78 is 34.6. The molecule has 110 valence electrons. The predicted octanol–water partition coefficient (Wildman–Crippen LogP) is 2.81. The zero-order valence-corrected chi connectivity index (χ0v) is 12.5. The minimum atomic E-state index is -4.32. The molecule has 0 bridgehead atoms. The summed E-state index contributed by atoms with van der Waals surface area (Å²) in [5.41, 5.74) is 2.38. The van der Waals surface area contributed by atoms with E-state index in [9.17, 15) is 13.0 Å². The molecule has 5 heteroatoms. The molecule has 0 saturated carbocycles. The molecule has 0 aromatic heterocycles. The number of anilines is 1. The Balaban J connectivity index is 2.29. The zero-order valence-electron chi connectivity index (χ0n) is 11.7. The summed E-state index contributed by atoms with van der Waals surface area (Å²) >= 11 is 0. The van der Waals surface area contributed by atoms with E-state index in [1.165, 1.54) is 0 Å². The molecule has 0 spiro atoms. The van der Waals surface area contributed by atoms with Crippen LogP contribution in [0.15, 0.2) is 54.6 Å². The summed E-state index contributed by atoms with van der Waals surface area (Å²) in [5.74, 6) is 0. The summed E-state index contributed by atoms with van der Waals surface area (Å²) in [6.07, 6.45) is 0.250. The SMILES string of the molecule is CCN1c2ccccc2CC1(c1ccccc1)S(=O)(=O)O. The van der Waals surface area contributed by atoms with Crippen LogP contribution < -0.4 is 4.90 Å². The van der Waals surface area contributed by atoms with E-state index in [0.717, 1.165) is 11.3 Å². The van der Waals surface area contributed by atoms with Crippen LogP contribution in [0, 0.1) is 0 Å². The summed E-state index contributed by atoms with van der Waals surface area (Å²) in [5, 5.41) is 0. The van der Waals surface area contributed by atoms with E-state index < -0.39 is 15.0 Å². The fourth-order valence-corrected chi connectivity index (χ4v) is 4.51. The van der Waals surface area contributed by atoms with Crippen LogP contribution in [0.25, 0.3) is 0 Å². The second-order valence-electron chi connectivity index (χ2n) is 5.18. The Hall–Kier alpha value is -1.85. The van der Waals surface area contributed by atoms with Gasteiger partial charge < -0.3 is 4.90 Å².